The Labute approximate surface area is 262 Å². The minimum absolute atomic E-state index is 0.0164. The number of halogens is 7. The fourth-order valence-corrected chi connectivity index (χ4v) is 6.75. The largest absolute Gasteiger partial charge is 0.416 e. The molecule has 1 fully saturated rings. The lowest BCUT2D eigenvalue weighted by Gasteiger charge is -2.39. The van der Waals surface area contributed by atoms with Crippen molar-refractivity contribution in [2.45, 2.75) is 44.6 Å². The summed E-state index contributed by atoms with van der Waals surface area (Å²) in [4.78, 5) is 21.5. The first-order valence-electron chi connectivity index (χ1n) is 13.7. The normalized spacial score (nSPS) is 17.0. The highest BCUT2D eigenvalue weighted by atomic mass is 35.5. The second-order valence-corrected chi connectivity index (χ2v) is 13.8. The highest BCUT2D eigenvalue weighted by Gasteiger charge is 2.41. The number of piperazine rings is 1. The van der Waals surface area contributed by atoms with E-state index in [-0.39, 0.29) is 24.3 Å². The number of amides is 1. The number of carbonyl (C=O) groups is 1. The van der Waals surface area contributed by atoms with Crippen LogP contribution in [-0.2, 0) is 32.6 Å². The third kappa shape index (κ3) is 7.23. The van der Waals surface area contributed by atoms with Crippen LogP contribution in [0.1, 0.15) is 37.5 Å². The molecule has 1 aliphatic rings. The number of alkyl halides is 6. The highest BCUT2D eigenvalue weighted by Crippen LogP contribution is 2.42. The van der Waals surface area contributed by atoms with Crippen molar-refractivity contribution in [3.63, 3.8) is 0 Å². The van der Waals surface area contributed by atoms with E-state index < -0.39 is 50.4 Å². The van der Waals surface area contributed by atoms with Crippen LogP contribution >= 0.6 is 11.6 Å². The summed E-state index contributed by atoms with van der Waals surface area (Å²) in [6, 6.07) is 9.16. The third-order valence-corrected chi connectivity index (χ3v) is 9.58. The zero-order chi connectivity index (χ0) is 33.7. The Balaban J connectivity index is 1.78. The Morgan fingerprint density at radius 1 is 0.933 bits per heavy atom. The summed E-state index contributed by atoms with van der Waals surface area (Å²) in [6.07, 6.45) is -7.65. The van der Waals surface area contributed by atoms with Gasteiger partial charge in [-0.25, -0.2) is 13.4 Å². The van der Waals surface area contributed by atoms with E-state index in [9.17, 15) is 39.6 Å². The van der Waals surface area contributed by atoms with E-state index >= 15 is 0 Å². The topological polar surface area (TPSA) is 73.8 Å². The second kappa shape index (κ2) is 12.1. The number of aromatic nitrogens is 1. The zero-order valence-corrected chi connectivity index (χ0v) is 26.5. The van der Waals surface area contributed by atoms with Gasteiger partial charge in [0.2, 0.25) is 15.9 Å². The van der Waals surface area contributed by atoms with Crippen molar-refractivity contribution in [2.75, 3.05) is 42.7 Å². The van der Waals surface area contributed by atoms with Crippen molar-refractivity contribution >= 4 is 39.0 Å². The predicted molar refractivity (Wildman–Crippen MR) is 161 cm³/mol. The number of likely N-dealkylation sites (N-methyl/N-ethyl adjacent to an activating group) is 1. The lowest BCUT2D eigenvalue weighted by atomic mass is 9.81. The van der Waals surface area contributed by atoms with Crippen molar-refractivity contribution in [1.29, 1.82) is 0 Å². The first-order valence-corrected chi connectivity index (χ1v) is 15.9. The zero-order valence-electron chi connectivity index (χ0n) is 25.0. The van der Waals surface area contributed by atoms with Crippen LogP contribution in [0.3, 0.4) is 0 Å². The number of benzene rings is 2. The number of pyridine rings is 1. The lowest BCUT2D eigenvalue weighted by Crippen LogP contribution is -2.53. The van der Waals surface area contributed by atoms with E-state index in [4.69, 9.17) is 11.6 Å². The molecule has 0 spiro atoms. The standard InChI is InChI=1S/C30H31ClF6N4O3S/c1-18-17-40(10-11-41(18)45(5,43)44)26-15-23(22-8-6-7-9-24(22)31)25(16-38-26)39(4)27(42)28(2,3)19-12-20(29(32,33)34)14-21(13-19)30(35,36)37/h6-9,12-16,18H,10-11,17H2,1-5H3/t18-/m0/s1. The number of anilines is 2. The van der Waals surface area contributed by atoms with Crippen LogP contribution in [0.25, 0.3) is 11.1 Å². The van der Waals surface area contributed by atoms with Gasteiger partial charge in [0.05, 0.1) is 34.7 Å². The fourth-order valence-electron chi connectivity index (χ4n) is 5.38. The Morgan fingerprint density at radius 3 is 2.00 bits per heavy atom. The molecule has 0 radical (unpaired) electrons. The van der Waals surface area contributed by atoms with E-state index in [1.807, 2.05) is 4.90 Å². The molecule has 1 saturated heterocycles. The van der Waals surface area contributed by atoms with Gasteiger partial charge in [-0.2, -0.15) is 30.6 Å². The molecule has 1 atom stereocenters. The van der Waals surface area contributed by atoms with E-state index in [0.29, 0.717) is 47.2 Å². The summed E-state index contributed by atoms with van der Waals surface area (Å²) < 4.78 is 107. The maximum absolute atomic E-state index is 13.9. The summed E-state index contributed by atoms with van der Waals surface area (Å²) in [7, 11) is -2.07. The van der Waals surface area contributed by atoms with Crippen LogP contribution in [-0.4, -0.2) is 62.6 Å². The van der Waals surface area contributed by atoms with E-state index in [1.165, 1.54) is 31.4 Å². The molecule has 0 saturated carbocycles. The van der Waals surface area contributed by atoms with Crippen LogP contribution in [0, 0.1) is 0 Å². The van der Waals surface area contributed by atoms with Gasteiger partial charge in [-0.3, -0.25) is 4.79 Å². The molecular weight excluding hydrogens is 646 g/mol. The molecule has 15 heteroatoms. The van der Waals surface area contributed by atoms with E-state index in [1.54, 1.807) is 37.3 Å². The first-order chi connectivity index (χ1) is 20.6. The molecule has 1 amide bonds. The van der Waals surface area contributed by atoms with Crippen molar-refractivity contribution in [1.82, 2.24) is 9.29 Å². The van der Waals surface area contributed by atoms with Gasteiger partial charge in [0.15, 0.2) is 0 Å². The Kier molecular flexibility index (Phi) is 9.28. The fraction of sp³-hybridized carbons (Fsp3) is 0.400. The molecule has 0 unspecified atom stereocenters. The van der Waals surface area contributed by atoms with Gasteiger partial charge in [-0.15, -0.1) is 0 Å². The summed E-state index contributed by atoms with van der Waals surface area (Å²) in [6.45, 7) is 5.13. The molecule has 0 N–H and O–H groups in total. The van der Waals surface area contributed by atoms with Gasteiger partial charge in [0.25, 0.3) is 0 Å². The molecule has 4 rings (SSSR count). The number of nitrogens with zero attached hydrogens (tertiary/aromatic N) is 4. The number of hydrogen-bond acceptors (Lipinski definition) is 5. The van der Waals surface area contributed by atoms with Crippen molar-refractivity contribution in [3.05, 3.63) is 76.4 Å². The number of hydrogen-bond donors (Lipinski definition) is 0. The van der Waals surface area contributed by atoms with Crippen molar-refractivity contribution in [3.8, 4) is 11.1 Å². The Bertz CT molecular complexity index is 1680. The predicted octanol–water partition coefficient (Wildman–Crippen LogP) is 6.85. The van der Waals surface area contributed by atoms with Crippen LogP contribution in [0.4, 0.5) is 37.8 Å². The van der Waals surface area contributed by atoms with Crippen LogP contribution < -0.4 is 9.80 Å². The maximum atomic E-state index is 13.9. The summed E-state index contributed by atoms with van der Waals surface area (Å²) in [5.74, 6) is -0.338. The van der Waals surface area contributed by atoms with Gasteiger partial charge in [0.1, 0.15) is 5.82 Å². The average molecular weight is 677 g/mol. The van der Waals surface area contributed by atoms with Gasteiger partial charge in [0, 0.05) is 48.9 Å². The molecule has 2 heterocycles. The van der Waals surface area contributed by atoms with Gasteiger partial charge >= 0.3 is 12.4 Å². The summed E-state index contributed by atoms with van der Waals surface area (Å²) in [5, 5.41) is 0.318. The molecule has 3 aromatic rings. The van der Waals surface area contributed by atoms with Gasteiger partial charge < -0.3 is 9.80 Å². The molecule has 0 bridgehead atoms. The van der Waals surface area contributed by atoms with E-state index in [0.717, 1.165) is 11.2 Å². The van der Waals surface area contributed by atoms with Crippen molar-refractivity contribution in [2.24, 2.45) is 0 Å². The smallest absolute Gasteiger partial charge is 0.354 e. The maximum Gasteiger partial charge on any atom is 0.416 e. The van der Waals surface area contributed by atoms with Crippen LogP contribution in [0.5, 0.6) is 0 Å². The highest BCUT2D eigenvalue weighted by molar-refractivity contribution is 7.88. The SMILES string of the molecule is C[C@H]1CN(c2cc(-c3ccccc3Cl)c(N(C)C(=O)C(C)(C)c3cc(C(F)(F)F)cc(C(F)(F)F)c3)cn2)CCN1S(C)(=O)=O. The molecule has 244 valence electrons. The lowest BCUT2D eigenvalue weighted by molar-refractivity contribution is -0.143. The molecule has 2 aromatic carbocycles. The van der Waals surface area contributed by atoms with E-state index in [2.05, 4.69) is 4.98 Å². The minimum Gasteiger partial charge on any atom is -0.354 e. The molecule has 45 heavy (non-hydrogen) atoms. The third-order valence-electron chi connectivity index (χ3n) is 7.86. The minimum atomic E-state index is -5.08. The number of rotatable bonds is 6. The number of sulfonamides is 1. The van der Waals surface area contributed by atoms with Gasteiger partial charge in [-0.1, -0.05) is 29.8 Å². The summed E-state index contributed by atoms with van der Waals surface area (Å²) in [5.41, 5.74) is -4.23. The molecule has 1 aromatic heterocycles. The van der Waals surface area contributed by atoms with Gasteiger partial charge in [-0.05, 0) is 56.7 Å². The molecular formula is C30H31ClF6N4O3S. The molecule has 7 nitrogen and oxygen atoms in total. The Morgan fingerprint density at radius 2 is 1.49 bits per heavy atom. The second-order valence-electron chi connectivity index (χ2n) is 11.5. The van der Waals surface area contributed by atoms with Crippen molar-refractivity contribution < 1.29 is 39.6 Å². The quantitative estimate of drug-likeness (QED) is 0.267. The van der Waals surface area contributed by atoms with Crippen LogP contribution in [0.2, 0.25) is 5.02 Å². The number of carbonyl (C=O) groups excluding carboxylic acids is 1. The average Bonchev–Trinajstić information content (AvgIpc) is 2.94. The first kappa shape index (κ1) is 34.5. The van der Waals surface area contributed by atoms with Crippen LogP contribution in [0.15, 0.2) is 54.7 Å². The monoisotopic (exact) mass is 676 g/mol. The summed E-state index contributed by atoms with van der Waals surface area (Å²) >= 11 is 6.53. The molecule has 1 aliphatic heterocycles. The molecule has 0 aliphatic carbocycles. The Hall–Kier alpha value is -3.36.